The molecule has 1 aliphatic carbocycles. The van der Waals surface area contributed by atoms with Gasteiger partial charge in [0.05, 0.1) is 5.41 Å². The number of benzene rings is 7. The van der Waals surface area contributed by atoms with Crippen LogP contribution in [0.4, 0.5) is 0 Å². The van der Waals surface area contributed by atoms with E-state index in [1.54, 1.807) is 0 Å². The first kappa shape index (κ1) is 26.7. The average Bonchev–Trinajstić information content (AvgIpc) is 3.41. The van der Waals surface area contributed by atoms with Crippen LogP contribution in [-0.4, -0.2) is 0 Å². The summed E-state index contributed by atoms with van der Waals surface area (Å²) in [5.74, 6) is 1.77. The van der Waals surface area contributed by atoms with Crippen LogP contribution in [0.2, 0.25) is 0 Å². The highest BCUT2D eigenvalue weighted by molar-refractivity contribution is 5.96. The topological polar surface area (TPSA) is 30.5 Å². The highest BCUT2D eigenvalue weighted by Crippen LogP contribution is 2.63. The van der Waals surface area contributed by atoms with Crippen LogP contribution in [-0.2, 0) is 15.9 Å². The zero-order chi connectivity index (χ0) is 31.2. The van der Waals surface area contributed by atoms with Crippen molar-refractivity contribution in [2.75, 3.05) is 0 Å². The Morgan fingerprint density at radius 2 is 1.11 bits per heavy atom. The molecule has 2 unspecified atom stereocenters. The molecule has 7 aromatic carbocycles. The molecule has 2 heterocycles. The molecule has 1 fully saturated rings. The number of fused-ring (bicyclic) bond motifs is 10. The summed E-state index contributed by atoms with van der Waals surface area (Å²) in [6.07, 6.45) is -0.185. The van der Waals surface area contributed by atoms with Gasteiger partial charge in [-0.05, 0) is 57.1 Å². The summed E-state index contributed by atoms with van der Waals surface area (Å²) in [6, 6.07) is 56.4. The molecule has 0 amide bonds. The standard InChI is InChI=1S/C44H31NO2/c1-43(45-42(47-43)29-15-3-2-4-16-29)40-30-17-6-5-14-28(30)26-27-33(40)34-20-13-24-38-41(34)46-39-25-12-11-23-37(39)44(38)35-21-9-7-18-31(35)32-19-8-10-22-36(32)44/h2-27,42,45H,1H3. The maximum atomic E-state index is 7.04. The summed E-state index contributed by atoms with van der Waals surface area (Å²) in [6.45, 7) is 2.15. The number of hydrogen-bond donors (Lipinski definition) is 1. The Morgan fingerprint density at radius 3 is 1.87 bits per heavy atom. The van der Waals surface area contributed by atoms with Gasteiger partial charge in [-0.2, -0.15) is 0 Å². The van der Waals surface area contributed by atoms with Crippen molar-refractivity contribution in [1.29, 1.82) is 0 Å². The van der Waals surface area contributed by atoms with Crippen LogP contribution in [0.25, 0.3) is 33.0 Å². The van der Waals surface area contributed by atoms with E-state index in [9.17, 15) is 0 Å². The molecular weight excluding hydrogens is 574 g/mol. The van der Waals surface area contributed by atoms with Gasteiger partial charge in [0.15, 0.2) is 0 Å². The summed E-state index contributed by atoms with van der Waals surface area (Å²) in [5, 5.41) is 6.13. The largest absolute Gasteiger partial charge is 0.456 e. The first-order chi connectivity index (χ1) is 23.2. The Bertz CT molecular complexity index is 2320. The van der Waals surface area contributed by atoms with Gasteiger partial charge in [-0.1, -0.05) is 152 Å². The molecule has 1 spiro atoms. The maximum Gasteiger partial charge on any atom is 0.148 e. The van der Waals surface area contributed by atoms with Gasteiger partial charge >= 0.3 is 0 Å². The lowest BCUT2D eigenvalue weighted by Gasteiger charge is -2.48. The van der Waals surface area contributed by atoms with Gasteiger partial charge in [0, 0.05) is 22.3 Å². The molecule has 1 saturated heterocycles. The van der Waals surface area contributed by atoms with Crippen molar-refractivity contribution in [3.63, 3.8) is 0 Å². The smallest absolute Gasteiger partial charge is 0.148 e. The van der Waals surface area contributed by atoms with Gasteiger partial charge in [-0.3, -0.25) is 5.32 Å². The fourth-order valence-corrected chi connectivity index (χ4v) is 8.50. The summed E-state index contributed by atoms with van der Waals surface area (Å²) in [7, 11) is 0. The second kappa shape index (κ2) is 9.76. The third-order valence-corrected chi connectivity index (χ3v) is 10.4. The van der Waals surface area contributed by atoms with Crippen LogP contribution in [0.1, 0.15) is 46.5 Å². The molecule has 3 heteroatoms. The number of nitrogens with one attached hydrogen (secondary N) is 1. The van der Waals surface area contributed by atoms with Crippen LogP contribution in [0, 0.1) is 0 Å². The second-order valence-corrected chi connectivity index (χ2v) is 12.9. The van der Waals surface area contributed by atoms with E-state index < -0.39 is 11.1 Å². The second-order valence-electron chi connectivity index (χ2n) is 12.9. The Labute approximate surface area is 274 Å². The van der Waals surface area contributed by atoms with Crippen molar-refractivity contribution in [2.24, 2.45) is 0 Å². The zero-order valence-corrected chi connectivity index (χ0v) is 25.9. The number of ether oxygens (including phenoxy) is 2. The van der Waals surface area contributed by atoms with Crippen LogP contribution in [0.15, 0.2) is 158 Å². The van der Waals surface area contributed by atoms with Crippen LogP contribution in [0.5, 0.6) is 11.5 Å². The van der Waals surface area contributed by atoms with Crippen LogP contribution >= 0.6 is 0 Å². The molecular formula is C44H31NO2. The predicted molar refractivity (Wildman–Crippen MR) is 188 cm³/mol. The van der Waals surface area contributed by atoms with E-state index in [-0.39, 0.29) is 6.23 Å². The normalized spacial score (nSPS) is 19.6. The predicted octanol–water partition coefficient (Wildman–Crippen LogP) is 10.5. The molecule has 0 saturated carbocycles. The fourth-order valence-electron chi connectivity index (χ4n) is 8.50. The Balaban J connectivity index is 1.24. The van der Waals surface area contributed by atoms with Crippen LogP contribution in [0.3, 0.4) is 0 Å². The molecule has 224 valence electrons. The minimum absolute atomic E-state index is 0.185. The molecule has 7 aromatic rings. The molecule has 10 rings (SSSR count). The van der Waals surface area contributed by atoms with Gasteiger partial charge < -0.3 is 9.47 Å². The summed E-state index contributed by atoms with van der Waals surface area (Å²) in [5.41, 5.74) is 10.6. The van der Waals surface area contributed by atoms with E-state index in [4.69, 9.17) is 9.47 Å². The molecule has 0 bridgehead atoms. The van der Waals surface area contributed by atoms with Crippen molar-refractivity contribution in [1.82, 2.24) is 5.32 Å². The van der Waals surface area contributed by atoms with E-state index in [0.717, 1.165) is 44.7 Å². The van der Waals surface area contributed by atoms with Crippen molar-refractivity contribution in [2.45, 2.75) is 24.3 Å². The van der Waals surface area contributed by atoms with Crippen molar-refractivity contribution < 1.29 is 9.47 Å². The number of hydrogen-bond acceptors (Lipinski definition) is 3. The average molecular weight is 606 g/mol. The Morgan fingerprint density at radius 1 is 0.511 bits per heavy atom. The summed E-state index contributed by atoms with van der Waals surface area (Å²) in [4.78, 5) is 0. The lowest BCUT2D eigenvalue weighted by molar-refractivity contribution is -0.243. The third-order valence-electron chi connectivity index (χ3n) is 10.4. The monoisotopic (exact) mass is 605 g/mol. The maximum absolute atomic E-state index is 7.04. The van der Waals surface area contributed by atoms with Crippen LogP contribution < -0.4 is 10.1 Å². The SMILES string of the molecule is CC1(c2c(-c3cccc4c3Oc3ccccc3C43c4ccccc4-c4ccccc43)ccc3ccccc23)NC(c2ccccc2)O1. The Hall–Kier alpha value is -5.48. The summed E-state index contributed by atoms with van der Waals surface area (Å²) < 4.78 is 13.8. The molecule has 0 aromatic heterocycles. The molecule has 2 aliphatic heterocycles. The lowest BCUT2D eigenvalue weighted by Crippen LogP contribution is -2.57. The highest BCUT2D eigenvalue weighted by Gasteiger charge is 2.52. The number of para-hydroxylation sites is 2. The molecule has 2 atom stereocenters. The van der Waals surface area contributed by atoms with Crippen molar-refractivity contribution >= 4 is 10.8 Å². The molecule has 47 heavy (non-hydrogen) atoms. The molecule has 3 nitrogen and oxygen atoms in total. The van der Waals surface area contributed by atoms with E-state index in [1.807, 2.05) is 6.07 Å². The van der Waals surface area contributed by atoms with Gasteiger partial charge in [0.1, 0.15) is 23.5 Å². The van der Waals surface area contributed by atoms with Gasteiger partial charge in [-0.15, -0.1) is 0 Å². The minimum Gasteiger partial charge on any atom is -0.456 e. The molecule has 1 N–H and O–H groups in total. The third kappa shape index (κ3) is 3.58. The number of rotatable bonds is 3. The quantitative estimate of drug-likeness (QED) is 0.217. The minimum atomic E-state index is -0.712. The van der Waals surface area contributed by atoms with Gasteiger partial charge in [-0.25, -0.2) is 0 Å². The van der Waals surface area contributed by atoms with Gasteiger partial charge in [0.25, 0.3) is 0 Å². The van der Waals surface area contributed by atoms with Crippen molar-refractivity contribution in [3.8, 4) is 33.8 Å². The molecule has 3 aliphatic rings. The van der Waals surface area contributed by atoms with Crippen molar-refractivity contribution in [3.05, 3.63) is 191 Å². The lowest BCUT2D eigenvalue weighted by atomic mass is 9.65. The van der Waals surface area contributed by atoms with E-state index in [2.05, 4.69) is 164 Å². The summed E-state index contributed by atoms with van der Waals surface area (Å²) >= 11 is 0. The first-order valence-electron chi connectivity index (χ1n) is 16.3. The van der Waals surface area contributed by atoms with E-state index in [1.165, 1.54) is 33.2 Å². The zero-order valence-electron chi connectivity index (χ0n) is 25.9. The fraction of sp³-hybridized carbons (Fsp3) is 0.0909. The first-order valence-corrected chi connectivity index (χ1v) is 16.3. The van der Waals surface area contributed by atoms with E-state index >= 15 is 0 Å². The highest BCUT2D eigenvalue weighted by atomic mass is 16.6. The Kier molecular flexibility index (Phi) is 5.55. The molecule has 0 radical (unpaired) electrons. The van der Waals surface area contributed by atoms with Gasteiger partial charge in [0.2, 0.25) is 0 Å². The van der Waals surface area contributed by atoms with E-state index in [0.29, 0.717) is 0 Å².